The second kappa shape index (κ2) is 7.33. The number of hydrogen-bond donors (Lipinski definition) is 1. The van der Waals surface area contributed by atoms with Crippen LogP contribution in [0.5, 0.6) is 11.5 Å². The Bertz CT molecular complexity index is 1080. The molecule has 0 saturated carbocycles. The number of ether oxygens (including phenoxy) is 2. The molecule has 4 rings (SSSR count). The lowest BCUT2D eigenvalue weighted by Crippen LogP contribution is -1.95. The number of benzene rings is 2. The van der Waals surface area contributed by atoms with Crippen LogP contribution in [-0.4, -0.2) is 24.2 Å². The molecule has 2 aromatic carbocycles. The fourth-order valence-electron chi connectivity index (χ4n) is 3.02. The molecule has 0 aliphatic heterocycles. The quantitative estimate of drug-likeness (QED) is 0.541. The minimum Gasteiger partial charge on any atom is -0.493 e. The molecule has 0 aliphatic rings. The predicted octanol–water partition coefficient (Wildman–Crippen LogP) is 5.06. The molecule has 5 heteroatoms. The highest BCUT2D eigenvalue weighted by Crippen LogP contribution is 2.33. The zero-order chi connectivity index (χ0) is 18.6. The maximum atomic E-state index is 5.38. The van der Waals surface area contributed by atoms with Crippen molar-refractivity contribution in [1.82, 2.24) is 9.97 Å². The van der Waals surface area contributed by atoms with Gasteiger partial charge in [-0.3, -0.25) is 9.97 Å². The van der Waals surface area contributed by atoms with Crippen molar-refractivity contribution < 1.29 is 9.47 Å². The molecule has 2 heterocycles. The predicted molar refractivity (Wildman–Crippen MR) is 108 cm³/mol. The molecule has 0 bridgehead atoms. The van der Waals surface area contributed by atoms with Crippen molar-refractivity contribution in [1.29, 1.82) is 0 Å². The van der Waals surface area contributed by atoms with Crippen molar-refractivity contribution in [3.63, 3.8) is 0 Å². The third-order valence-corrected chi connectivity index (χ3v) is 4.37. The number of nitrogens with one attached hydrogen (secondary N) is 1. The number of rotatable bonds is 5. The van der Waals surface area contributed by atoms with Crippen molar-refractivity contribution in [2.75, 3.05) is 19.5 Å². The van der Waals surface area contributed by atoms with Crippen molar-refractivity contribution in [3.8, 4) is 22.8 Å². The highest BCUT2D eigenvalue weighted by Gasteiger charge is 2.08. The second-order valence-corrected chi connectivity index (χ2v) is 6.00. The van der Waals surface area contributed by atoms with Crippen LogP contribution in [0.4, 0.5) is 11.4 Å². The van der Waals surface area contributed by atoms with Crippen LogP contribution in [-0.2, 0) is 0 Å². The number of aromatic nitrogens is 2. The van der Waals surface area contributed by atoms with E-state index in [2.05, 4.69) is 33.5 Å². The largest absolute Gasteiger partial charge is 0.493 e. The van der Waals surface area contributed by atoms with E-state index >= 15 is 0 Å². The number of nitrogens with zero attached hydrogens (tertiary/aromatic N) is 2. The first-order valence-corrected chi connectivity index (χ1v) is 8.58. The van der Waals surface area contributed by atoms with Gasteiger partial charge in [0.15, 0.2) is 11.5 Å². The molecule has 0 fully saturated rings. The summed E-state index contributed by atoms with van der Waals surface area (Å²) in [6.07, 6.45) is 3.59. The SMILES string of the molecule is COc1ccc(Nc2ccnc3cc(-c4ccccn4)ccc23)cc1OC. The van der Waals surface area contributed by atoms with Gasteiger partial charge < -0.3 is 14.8 Å². The summed E-state index contributed by atoms with van der Waals surface area (Å²) in [6, 6.07) is 19.8. The summed E-state index contributed by atoms with van der Waals surface area (Å²) in [5.74, 6) is 1.38. The maximum Gasteiger partial charge on any atom is 0.162 e. The van der Waals surface area contributed by atoms with E-state index in [4.69, 9.17) is 9.47 Å². The van der Waals surface area contributed by atoms with E-state index < -0.39 is 0 Å². The van der Waals surface area contributed by atoms with Crippen molar-refractivity contribution in [2.24, 2.45) is 0 Å². The number of methoxy groups -OCH3 is 2. The molecule has 0 radical (unpaired) electrons. The number of pyridine rings is 2. The summed E-state index contributed by atoms with van der Waals surface area (Å²) in [7, 11) is 3.25. The molecule has 27 heavy (non-hydrogen) atoms. The first-order valence-electron chi connectivity index (χ1n) is 8.58. The van der Waals surface area contributed by atoms with E-state index in [0.717, 1.165) is 33.5 Å². The molecule has 4 aromatic rings. The molecule has 1 N–H and O–H groups in total. The summed E-state index contributed by atoms with van der Waals surface area (Å²) in [5, 5.41) is 4.48. The van der Waals surface area contributed by atoms with E-state index in [1.165, 1.54) is 0 Å². The minimum atomic E-state index is 0.679. The van der Waals surface area contributed by atoms with Gasteiger partial charge >= 0.3 is 0 Å². The number of fused-ring (bicyclic) bond motifs is 1. The summed E-state index contributed by atoms with van der Waals surface area (Å²) < 4.78 is 10.7. The Kier molecular flexibility index (Phi) is 4.58. The lowest BCUT2D eigenvalue weighted by molar-refractivity contribution is 0.355. The second-order valence-electron chi connectivity index (χ2n) is 6.00. The molecule has 5 nitrogen and oxygen atoms in total. The van der Waals surface area contributed by atoms with Gasteiger partial charge in [0.25, 0.3) is 0 Å². The highest BCUT2D eigenvalue weighted by molar-refractivity contribution is 5.95. The van der Waals surface area contributed by atoms with Crippen LogP contribution in [0.3, 0.4) is 0 Å². The van der Waals surface area contributed by atoms with Gasteiger partial charge in [-0.25, -0.2) is 0 Å². The monoisotopic (exact) mass is 357 g/mol. The van der Waals surface area contributed by atoms with Gasteiger partial charge in [-0.1, -0.05) is 18.2 Å². The van der Waals surface area contributed by atoms with E-state index in [9.17, 15) is 0 Å². The standard InChI is InChI=1S/C22H19N3O2/c1-26-21-9-7-16(14-22(21)27-2)25-19-10-12-24-20-13-15(6-8-17(19)20)18-5-3-4-11-23-18/h3-14H,1-2H3,(H,24,25). The van der Waals surface area contributed by atoms with Crippen LogP contribution in [0.15, 0.2) is 73.1 Å². The van der Waals surface area contributed by atoms with Gasteiger partial charge in [-0.15, -0.1) is 0 Å². The van der Waals surface area contributed by atoms with Gasteiger partial charge in [0.05, 0.1) is 25.4 Å². The zero-order valence-corrected chi connectivity index (χ0v) is 15.1. The zero-order valence-electron chi connectivity index (χ0n) is 15.1. The van der Waals surface area contributed by atoms with Crippen molar-refractivity contribution in [3.05, 3.63) is 73.1 Å². The van der Waals surface area contributed by atoms with Crippen LogP contribution < -0.4 is 14.8 Å². The Morgan fingerprint density at radius 3 is 2.44 bits per heavy atom. The summed E-state index contributed by atoms with van der Waals surface area (Å²) >= 11 is 0. The summed E-state index contributed by atoms with van der Waals surface area (Å²) in [6.45, 7) is 0. The van der Waals surface area contributed by atoms with Crippen LogP contribution >= 0.6 is 0 Å². The molecule has 2 aromatic heterocycles. The fourth-order valence-corrected chi connectivity index (χ4v) is 3.02. The van der Waals surface area contributed by atoms with Gasteiger partial charge in [-0.2, -0.15) is 0 Å². The fraction of sp³-hybridized carbons (Fsp3) is 0.0909. The minimum absolute atomic E-state index is 0.679. The number of anilines is 2. The van der Waals surface area contributed by atoms with E-state index in [1.54, 1.807) is 26.6 Å². The van der Waals surface area contributed by atoms with Gasteiger partial charge in [0.2, 0.25) is 0 Å². The lowest BCUT2D eigenvalue weighted by Gasteiger charge is -2.13. The average molecular weight is 357 g/mol. The van der Waals surface area contributed by atoms with E-state index in [-0.39, 0.29) is 0 Å². The molecule has 0 spiro atoms. The third-order valence-electron chi connectivity index (χ3n) is 4.37. The molecule has 134 valence electrons. The van der Waals surface area contributed by atoms with Crippen LogP contribution in [0.2, 0.25) is 0 Å². The highest BCUT2D eigenvalue weighted by atomic mass is 16.5. The Morgan fingerprint density at radius 2 is 1.67 bits per heavy atom. The maximum absolute atomic E-state index is 5.38. The Morgan fingerprint density at radius 1 is 0.778 bits per heavy atom. The topological polar surface area (TPSA) is 56.3 Å². The molecule has 0 atom stereocenters. The first-order chi connectivity index (χ1) is 13.3. The Balaban J connectivity index is 1.70. The average Bonchev–Trinajstić information content (AvgIpc) is 2.74. The Labute approximate surface area is 157 Å². The lowest BCUT2D eigenvalue weighted by atomic mass is 10.1. The van der Waals surface area contributed by atoms with Crippen LogP contribution in [0.1, 0.15) is 0 Å². The normalized spacial score (nSPS) is 10.6. The van der Waals surface area contributed by atoms with E-state index in [1.807, 2.05) is 42.5 Å². The number of hydrogen-bond acceptors (Lipinski definition) is 5. The van der Waals surface area contributed by atoms with Crippen molar-refractivity contribution >= 4 is 22.3 Å². The molecular formula is C22H19N3O2. The summed E-state index contributed by atoms with van der Waals surface area (Å²) in [5.41, 5.74) is 4.76. The smallest absolute Gasteiger partial charge is 0.162 e. The summed E-state index contributed by atoms with van der Waals surface area (Å²) in [4.78, 5) is 8.93. The van der Waals surface area contributed by atoms with Crippen LogP contribution in [0, 0.1) is 0 Å². The Hall–Kier alpha value is -3.60. The molecule has 0 amide bonds. The van der Waals surface area contributed by atoms with Gasteiger partial charge in [0, 0.05) is 40.8 Å². The first kappa shape index (κ1) is 16.8. The van der Waals surface area contributed by atoms with Gasteiger partial charge in [0.1, 0.15) is 0 Å². The molecule has 0 aliphatic carbocycles. The third kappa shape index (κ3) is 3.40. The molecule has 0 unspecified atom stereocenters. The van der Waals surface area contributed by atoms with Gasteiger partial charge in [-0.05, 0) is 36.4 Å². The van der Waals surface area contributed by atoms with Crippen molar-refractivity contribution in [2.45, 2.75) is 0 Å². The van der Waals surface area contributed by atoms with Crippen LogP contribution in [0.25, 0.3) is 22.2 Å². The molecular weight excluding hydrogens is 338 g/mol. The van der Waals surface area contributed by atoms with E-state index in [0.29, 0.717) is 11.5 Å². The molecule has 0 saturated heterocycles.